The summed E-state index contributed by atoms with van der Waals surface area (Å²) in [5.74, 6) is 0.725. The molecule has 0 bridgehead atoms. The third-order valence-corrected chi connectivity index (χ3v) is 1.30. The summed E-state index contributed by atoms with van der Waals surface area (Å²) in [6, 6.07) is 0. The molecule has 0 amide bonds. The number of rotatable bonds is 1. The van der Waals surface area contributed by atoms with Crippen LogP contribution in [-0.2, 0) is 4.74 Å². The smallest absolute Gasteiger partial charge is 0.188 e. The van der Waals surface area contributed by atoms with Gasteiger partial charge in [0.15, 0.2) is 5.88 Å². The van der Waals surface area contributed by atoms with Crippen LogP contribution in [0.2, 0.25) is 0 Å². The molecule has 9 heavy (non-hydrogen) atoms. The molecule has 3 heteroatoms. The first-order valence-electron chi connectivity index (χ1n) is 2.71. The van der Waals surface area contributed by atoms with E-state index in [9.17, 15) is 0 Å². The molecule has 50 valence electrons. The molecule has 0 aromatic carbocycles. The average Bonchev–Trinajstić information content (AvgIpc) is 1.88. The maximum absolute atomic E-state index is 5.65. The lowest BCUT2D eigenvalue weighted by Gasteiger charge is -2.10. The molecule has 0 spiro atoms. The molecule has 0 fully saturated rings. The quantitative estimate of drug-likeness (QED) is 0.599. The van der Waals surface area contributed by atoms with E-state index in [2.05, 4.69) is 5.32 Å². The standard InChI is InChI=1S/C6H8ClNO/c1-8-6-4-5(7)2-3-9-6/h2,4,8H,3H2,1H3. The molecule has 0 saturated heterocycles. The predicted molar refractivity (Wildman–Crippen MR) is 37.0 cm³/mol. The maximum atomic E-state index is 5.65. The minimum absolute atomic E-state index is 0.561. The van der Waals surface area contributed by atoms with Gasteiger partial charge in [-0.3, -0.25) is 0 Å². The first-order chi connectivity index (χ1) is 4.33. The molecule has 2 nitrogen and oxygen atoms in total. The van der Waals surface area contributed by atoms with Crippen LogP contribution in [-0.4, -0.2) is 13.7 Å². The first-order valence-corrected chi connectivity index (χ1v) is 3.08. The molecule has 1 aliphatic rings. The summed E-state index contributed by atoms with van der Waals surface area (Å²) >= 11 is 5.65. The highest BCUT2D eigenvalue weighted by molar-refractivity contribution is 6.31. The van der Waals surface area contributed by atoms with Crippen LogP contribution in [0.25, 0.3) is 0 Å². The number of hydrogen-bond donors (Lipinski definition) is 1. The van der Waals surface area contributed by atoms with E-state index >= 15 is 0 Å². The molecule has 0 saturated carbocycles. The van der Waals surface area contributed by atoms with Crippen molar-refractivity contribution in [3.05, 3.63) is 23.1 Å². The minimum Gasteiger partial charge on any atom is -0.475 e. The lowest BCUT2D eigenvalue weighted by atomic mass is 10.4. The van der Waals surface area contributed by atoms with E-state index < -0.39 is 0 Å². The highest BCUT2D eigenvalue weighted by Gasteiger charge is 2.00. The third kappa shape index (κ3) is 1.64. The largest absolute Gasteiger partial charge is 0.475 e. The SMILES string of the molecule is CNC1=CC(Cl)=CCO1. The zero-order valence-corrected chi connectivity index (χ0v) is 5.90. The molecule has 0 aromatic heterocycles. The van der Waals surface area contributed by atoms with Gasteiger partial charge in [-0.25, -0.2) is 0 Å². The van der Waals surface area contributed by atoms with Crippen LogP contribution >= 0.6 is 11.6 Å². The normalized spacial score (nSPS) is 17.6. The van der Waals surface area contributed by atoms with Gasteiger partial charge >= 0.3 is 0 Å². The Balaban J connectivity index is 2.63. The Morgan fingerprint density at radius 2 is 2.56 bits per heavy atom. The summed E-state index contributed by atoms with van der Waals surface area (Å²) < 4.78 is 5.09. The Morgan fingerprint density at radius 1 is 1.78 bits per heavy atom. The first kappa shape index (κ1) is 6.49. The van der Waals surface area contributed by atoms with Gasteiger partial charge in [0.25, 0.3) is 0 Å². The van der Waals surface area contributed by atoms with Gasteiger partial charge in [-0.2, -0.15) is 0 Å². The molecule has 0 aliphatic carbocycles. The van der Waals surface area contributed by atoms with E-state index in [4.69, 9.17) is 16.3 Å². The van der Waals surface area contributed by atoms with Crippen molar-refractivity contribution in [3.8, 4) is 0 Å². The van der Waals surface area contributed by atoms with E-state index in [1.165, 1.54) is 0 Å². The summed E-state index contributed by atoms with van der Waals surface area (Å²) in [5, 5.41) is 3.58. The van der Waals surface area contributed by atoms with Crippen molar-refractivity contribution in [2.75, 3.05) is 13.7 Å². The monoisotopic (exact) mass is 145 g/mol. The van der Waals surface area contributed by atoms with Gasteiger partial charge in [0.2, 0.25) is 0 Å². The van der Waals surface area contributed by atoms with E-state index in [1.807, 2.05) is 6.08 Å². The van der Waals surface area contributed by atoms with Crippen LogP contribution in [0.5, 0.6) is 0 Å². The summed E-state index contributed by atoms with van der Waals surface area (Å²) in [6.45, 7) is 0.561. The Bertz CT molecular complexity index is 162. The number of ether oxygens (including phenoxy) is 1. The van der Waals surface area contributed by atoms with Crippen molar-refractivity contribution >= 4 is 11.6 Å². The molecule has 1 heterocycles. The van der Waals surface area contributed by atoms with Gasteiger partial charge in [-0.05, 0) is 6.08 Å². The van der Waals surface area contributed by atoms with E-state index in [0.29, 0.717) is 6.61 Å². The molecule has 0 unspecified atom stereocenters. The van der Waals surface area contributed by atoms with Gasteiger partial charge < -0.3 is 10.1 Å². The number of halogens is 1. The van der Waals surface area contributed by atoms with E-state index in [1.54, 1.807) is 13.1 Å². The molecular weight excluding hydrogens is 138 g/mol. The molecule has 0 atom stereocenters. The van der Waals surface area contributed by atoms with Crippen molar-refractivity contribution in [1.29, 1.82) is 0 Å². The molecule has 1 aliphatic heterocycles. The van der Waals surface area contributed by atoms with Crippen molar-refractivity contribution in [2.24, 2.45) is 0 Å². The zero-order valence-electron chi connectivity index (χ0n) is 5.15. The summed E-state index contributed by atoms with van der Waals surface area (Å²) in [6.07, 6.45) is 3.55. The maximum Gasteiger partial charge on any atom is 0.188 e. The number of nitrogens with one attached hydrogen (secondary N) is 1. The molecule has 0 aromatic rings. The van der Waals surface area contributed by atoms with Crippen LogP contribution < -0.4 is 5.32 Å². The minimum atomic E-state index is 0.561. The van der Waals surface area contributed by atoms with E-state index in [0.717, 1.165) is 10.9 Å². The lowest BCUT2D eigenvalue weighted by molar-refractivity contribution is 0.223. The van der Waals surface area contributed by atoms with Crippen molar-refractivity contribution < 1.29 is 4.74 Å². The fraction of sp³-hybridized carbons (Fsp3) is 0.333. The number of allylic oxidation sites excluding steroid dienone is 2. The Hall–Kier alpha value is -0.630. The third-order valence-electron chi connectivity index (χ3n) is 1.03. The summed E-state index contributed by atoms with van der Waals surface area (Å²) in [7, 11) is 1.79. The van der Waals surface area contributed by atoms with Crippen LogP contribution in [0.1, 0.15) is 0 Å². The fourth-order valence-electron chi connectivity index (χ4n) is 0.581. The van der Waals surface area contributed by atoms with Crippen molar-refractivity contribution in [3.63, 3.8) is 0 Å². The second-order valence-corrected chi connectivity index (χ2v) is 2.10. The molecule has 1 rings (SSSR count). The van der Waals surface area contributed by atoms with Gasteiger partial charge in [-0.15, -0.1) is 0 Å². The van der Waals surface area contributed by atoms with Crippen LogP contribution in [0.15, 0.2) is 23.1 Å². The highest BCUT2D eigenvalue weighted by atomic mass is 35.5. The predicted octanol–water partition coefficient (Wildman–Crippen LogP) is 1.20. The molecule has 1 N–H and O–H groups in total. The lowest BCUT2D eigenvalue weighted by Crippen LogP contribution is -2.11. The summed E-state index contributed by atoms with van der Waals surface area (Å²) in [4.78, 5) is 0. The van der Waals surface area contributed by atoms with Crippen molar-refractivity contribution in [1.82, 2.24) is 5.32 Å². The zero-order chi connectivity index (χ0) is 6.69. The van der Waals surface area contributed by atoms with Crippen LogP contribution in [0.3, 0.4) is 0 Å². The second kappa shape index (κ2) is 2.78. The summed E-state index contributed by atoms with van der Waals surface area (Å²) in [5.41, 5.74) is 0. The number of hydrogen-bond acceptors (Lipinski definition) is 2. The topological polar surface area (TPSA) is 21.3 Å². The highest BCUT2D eigenvalue weighted by Crippen LogP contribution is 2.11. The van der Waals surface area contributed by atoms with Crippen LogP contribution in [0.4, 0.5) is 0 Å². The van der Waals surface area contributed by atoms with Gasteiger partial charge in [0, 0.05) is 18.2 Å². The van der Waals surface area contributed by atoms with Crippen molar-refractivity contribution in [2.45, 2.75) is 0 Å². The Morgan fingerprint density at radius 3 is 3.00 bits per heavy atom. The molecule has 0 radical (unpaired) electrons. The van der Waals surface area contributed by atoms with Gasteiger partial charge in [-0.1, -0.05) is 11.6 Å². The fourth-order valence-corrected chi connectivity index (χ4v) is 0.743. The van der Waals surface area contributed by atoms with Gasteiger partial charge in [0.05, 0.1) is 0 Å². The van der Waals surface area contributed by atoms with E-state index in [-0.39, 0.29) is 0 Å². The Labute approximate surface area is 59.1 Å². The van der Waals surface area contributed by atoms with Crippen LogP contribution in [0, 0.1) is 0 Å². The average molecular weight is 146 g/mol. The molecular formula is C6H8ClNO. The Kier molecular flexibility index (Phi) is 2.01. The second-order valence-electron chi connectivity index (χ2n) is 1.66. The van der Waals surface area contributed by atoms with Gasteiger partial charge in [0.1, 0.15) is 6.61 Å².